The number of para-hydroxylation sites is 1. The molecule has 1 aromatic heterocycles. The van der Waals surface area contributed by atoms with Crippen LogP contribution in [0.5, 0.6) is 0 Å². The number of aliphatic hydroxyl groups is 1. The van der Waals surface area contributed by atoms with Crippen LogP contribution in [-0.4, -0.2) is 18.3 Å². The summed E-state index contributed by atoms with van der Waals surface area (Å²) in [6.07, 6.45) is 2.94. The van der Waals surface area contributed by atoms with Crippen LogP contribution >= 0.6 is 11.3 Å². The van der Waals surface area contributed by atoms with Gasteiger partial charge in [-0.25, -0.2) is 0 Å². The van der Waals surface area contributed by atoms with Crippen LogP contribution in [-0.2, 0) is 13.0 Å². The van der Waals surface area contributed by atoms with Gasteiger partial charge in [-0.15, -0.1) is 11.3 Å². The van der Waals surface area contributed by atoms with Crippen molar-refractivity contribution in [3.8, 4) is 11.8 Å². The molecule has 3 heteroatoms. The third-order valence-corrected chi connectivity index (χ3v) is 4.65. The number of aryl methyl sites for hydroxylation is 1. The largest absolute Gasteiger partial charge is 0.395 e. The van der Waals surface area contributed by atoms with Crippen molar-refractivity contribution in [1.29, 1.82) is 0 Å². The van der Waals surface area contributed by atoms with Crippen molar-refractivity contribution in [2.75, 3.05) is 18.1 Å². The highest BCUT2D eigenvalue weighted by Gasteiger charge is 2.17. The van der Waals surface area contributed by atoms with Crippen LogP contribution < -0.4 is 4.90 Å². The fraction of sp³-hybridized carbons (Fsp3) is 0.333. The molecular formula is C18H19NOS. The van der Waals surface area contributed by atoms with Gasteiger partial charge in [0.2, 0.25) is 0 Å². The number of thiophene rings is 1. The van der Waals surface area contributed by atoms with Crippen LogP contribution in [0.4, 0.5) is 5.69 Å². The lowest BCUT2D eigenvalue weighted by Gasteiger charge is -2.31. The fourth-order valence-corrected chi connectivity index (χ4v) is 3.58. The van der Waals surface area contributed by atoms with Gasteiger partial charge in [0.15, 0.2) is 0 Å². The van der Waals surface area contributed by atoms with E-state index in [4.69, 9.17) is 5.11 Å². The fourth-order valence-electron chi connectivity index (χ4n) is 2.74. The predicted molar refractivity (Wildman–Crippen MR) is 88.7 cm³/mol. The van der Waals surface area contributed by atoms with Gasteiger partial charge in [-0.05, 0) is 35.9 Å². The number of benzene rings is 1. The standard InChI is InChI=1S/C18H19NOS/c20-12-4-3-7-16-10-13-21-18(16)14-19-11-5-8-15-6-1-2-9-17(15)19/h1-2,6,9-10,13,20H,4-5,8,11-12,14H2. The summed E-state index contributed by atoms with van der Waals surface area (Å²) in [6.45, 7) is 2.17. The van der Waals surface area contributed by atoms with Crippen LogP contribution in [0.3, 0.4) is 0 Å². The van der Waals surface area contributed by atoms with E-state index < -0.39 is 0 Å². The molecule has 0 spiro atoms. The van der Waals surface area contributed by atoms with Crippen molar-refractivity contribution in [3.05, 3.63) is 51.7 Å². The van der Waals surface area contributed by atoms with Crippen molar-refractivity contribution in [2.24, 2.45) is 0 Å². The number of anilines is 1. The van der Waals surface area contributed by atoms with E-state index in [1.54, 1.807) is 11.3 Å². The van der Waals surface area contributed by atoms with E-state index in [9.17, 15) is 0 Å². The number of hydrogen-bond donors (Lipinski definition) is 1. The molecule has 0 fully saturated rings. The average Bonchev–Trinajstić information content (AvgIpc) is 2.95. The highest BCUT2D eigenvalue weighted by atomic mass is 32.1. The molecule has 1 aliphatic heterocycles. The SMILES string of the molecule is OCCC#Cc1ccsc1CN1CCCc2ccccc21. The van der Waals surface area contributed by atoms with Gasteiger partial charge < -0.3 is 10.0 Å². The second-order valence-electron chi connectivity index (χ2n) is 5.19. The first-order valence-electron chi connectivity index (χ1n) is 7.37. The van der Waals surface area contributed by atoms with E-state index in [-0.39, 0.29) is 6.61 Å². The summed E-state index contributed by atoms with van der Waals surface area (Å²) in [5, 5.41) is 10.9. The minimum absolute atomic E-state index is 0.131. The van der Waals surface area contributed by atoms with Gasteiger partial charge in [0.1, 0.15) is 0 Å². The second-order valence-corrected chi connectivity index (χ2v) is 6.19. The molecule has 1 aliphatic rings. The van der Waals surface area contributed by atoms with Crippen molar-refractivity contribution in [1.82, 2.24) is 0 Å². The van der Waals surface area contributed by atoms with Gasteiger partial charge in [-0.3, -0.25) is 0 Å². The Balaban J connectivity index is 1.80. The van der Waals surface area contributed by atoms with Crippen LogP contribution in [0, 0.1) is 11.8 Å². The molecule has 2 aromatic rings. The smallest absolute Gasteiger partial charge is 0.0540 e. The van der Waals surface area contributed by atoms with Crippen molar-refractivity contribution >= 4 is 17.0 Å². The number of fused-ring (bicyclic) bond motifs is 1. The van der Waals surface area contributed by atoms with E-state index in [1.807, 2.05) is 0 Å². The van der Waals surface area contributed by atoms with Gasteiger partial charge in [0.05, 0.1) is 13.2 Å². The van der Waals surface area contributed by atoms with Crippen molar-refractivity contribution in [3.63, 3.8) is 0 Å². The Kier molecular flexibility index (Phi) is 4.59. The maximum absolute atomic E-state index is 8.83. The third kappa shape index (κ3) is 3.29. The normalized spacial score (nSPS) is 13.5. The zero-order valence-electron chi connectivity index (χ0n) is 12.0. The molecule has 1 aromatic carbocycles. The van der Waals surface area contributed by atoms with Gasteiger partial charge in [0, 0.05) is 29.1 Å². The maximum atomic E-state index is 8.83. The Morgan fingerprint density at radius 2 is 2.14 bits per heavy atom. The number of hydrogen-bond acceptors (Lipinski definition) is 3. The Morgan fingerprint density at radius 1 is 1.24 bits per heavy atom. The molecule has 108 valence electrons. The summed E-state index contributed by atoms with van der Waals surface area (Å²) in [5.74, 6) is 6.20. The van der Waals surface area contributed by atoms with E-state index in [2.05, 4.69) is 52.5 Å². The van der Waals surface area contributed by atoms with Crippen LogP contribution in [0.2, 0.25) is 0 Å². The van der Waals surface area contributed by atoms with E-state index in [0.717, 1.165) is 18.7 Å². The third-order valence-electron chi connectivity index (χ3n) is 3.75. The molecule has 0 saturated carbocycles. The van der Waals surface area contributed by atoms with Crippen molar-refractivity contribution < 1.29 is 5.11 Å². The monoisotopic (exact) mass is 297 g/mol. The quantitative estimate of drug-likeness (QED) is 0.877. The van der Waals surface area contributed by atoms with E-state index in [1.165, 1.54) is 29.0 Å². The topological polar surface area (TPSA) is 23.5 Å². The molecule has 0 atom stereocenters. The van der Waals surface area contributed by atoms with Gasteiger partial charge in [-0.1, -0.05) is 30.0 Å². The Labute approximate surface area is 130 Å². The van der Waals surface area contributed by atoms with E-state index >= 15 is 0 Å². The first kappa shape index (κ1) is 14.2. The summed E-state index contributed by atoms with van der Waals surface area (Å²) in [5.41, 5.74) is 3.93. The summed E-state index contributed by atoms with van der Waals surface area (Å²) < 4.78 is 0. The minimum Gasteiger partial charge on any atom is -0.395 e. The second kappa shape index (κ2) is 6.80. The van der Waals surface area contributed by atoms with Gasteiger partial charge in [0.25, 0.3) is 0 Å². The highest BCUT2D eigenvalue weighted by molar-refractivity contribution is 7.10. The average molecular weight is 297 g/mol. The zero-order valence-corrected chi connectivity index (χ0v) is 12.8. The summed E-state index contributed by atoms with van der Waals surface area (Å²) in [7, 11) is 0. The lowest BCUT2D eigenvalue weighted by atomic mass is 10.0. The molecule has 1 N–H and O–H groups in total. The Morgan fingerprint density at radius 3 is 3.05 bits per heavy atom. The van der Waals surface area contributed by atoms with Crippen molar-refractivity contribution in [2.45, 2.75) is 25.8 Å². The molecule has 0 saturated heterocycles. The molecule has 0 aliphatic carbocycles. The maximum Gasteiger partial charge on any atom is 0.0540 e. The molecule has 2 nitrogen and oxygen atoms in total. The van der Waals surface area contributed by atoms with Gasteiger partial charge >= 0.3 is 0 Å². The Hall–Kier alpha value is -1.76. The first-order chi connectivity index (χ1) is 10.4. The Bertz CT molecular complexity index is 665. The van der Waals surface area contributed by atoms with Crippen LogP contribution in [0.1, 0.15) is 28.8 Å². The van der Waals surface area contributed by atoms with E-state index in [0.29, 0.717) is 6.42 Å². The molecule has 2 heterocycles. The molecule has 21 heavy (non-hydrogen) atoms. The number of aliphatic hydroxyl groups excluding tert-OH is 1. The zero-order chi connectivity index (χ0) is 14.5. The molecule has 0 bridgehead atoms. The molecule has 3 rings (SSSR count). The molecule has 0 unspecified atom stereocenters. The predicted octanol–water partition coefficient (Wildman–Crippen LogP) is 3.43. The molecular weight excluding hydrogens is 278 g/mol. The van der Waals surface area contributed by atoms with Crippen LogP contribution in [0.25, 0.3) is 0 Å². The van der Waals surface area contributed by atoms with Gasteiger partial charge in [-0.2, -0.15) is 0 Å². The first-order valence-corrected chi connectivity index (χ1v) is 8.25. The lowest BCUT2D eigenvalue weighted by molar-refractivity contribution is 0.305. The highest BCUT2D eigenvalue weighted by Crippen LogP contribution is 2.29. The van der Waals surface area contributed by atoms with Crippen LogP contribution in [0.15, 0.2) is 35.7 Å². The summed E-state index contributed by atoms with van der Waals surface area (Å²) >= 11 is 1.77. The molecule has 0 radical (unpaired) electrons. The summed E-state index contributed by atoms with van der Waals surface area (Å²) in [6, 6.07) is 10.8. The number of nitrogens with zero attached hydrogens (tertiary/aromatic N) is 1. The minimum atomic E-state index is 0.131. The molecule has 0 amide bonds. The summed E-state index contributed by atoms with van der Waals surface area (Å²) in [4.78, 5) is 3.78. The number of rotatable bonds is 3. The lowest BCUT2D eigenvalue weighted by Crippen LogP contribution is -2.28.